The van der Waals surface area contributed by atoms with Gasteiger partial charge in [-0.3, -0.25) is 19.2 Å². The Bertz CT molecular complexity index is 961. The number of nitrogens with zero attached hydrogens (tertiary/aromatic N) is 2. The molecule has 0 aliphatic carbocycles. The highest BCUT2D eigenvalue weighted by atomic mass is 79.9. The van der Waals surface area contributed by atoms with E-state index in [1.165, 1.54) is 4.90 Å². The number of esters is 1. The monoisotopic (exact) mass is 611 g/mol. The molecule has 3 aliphatic rings. The number of halogens is 1. The van der Waals surface area contributed by atoms with Crippen LogP contribution in [0.15, 0.2) is 25.3 Å². The summed E-state index contributed by atoms with van der Waals surface area (Å²) in [5, 5.41) is 12.8. The Balaban J connectivity index is 1.88. The van der Waals surface area contributed by atoms with E-state index >= 15 is 0 Å². The number of amides is 3. The first-order chi connectivity index (χ1) is 18.6. The summed E-state index contributed by atoms with van der Waals surface area (Å²) in [7, 11) is 0. The highest BCUT2D eigenvalue weighted by molar-refractivity contribution is 9.09. The van der Waals surface area contributed by atoms with Crippen molar-refractivity contribution in [3.63, 3.8) is 0 Å². The molecule has 0 radical (unpaired) electrons. The SMILES string of the molecule is C=CCCC(=O)NC[C@@H](C)OC(=O)[C@@H]1[C@H]2O[C@@]3(CC2Br)[C@H](C(=O)N(CC=C)CCCC)N([C@H](C)CO)C(=O)[C@@H]13. The van der Waals surface area contributed by atoms with E-state index in [0.29, 0.717) is 32.4 Å². The minimum absolute atomic E-state index is 0.129. The van der Waals surface area contributed by atoms with Crippen molar-refractivity contribution in [1.82, 2.24) is 15.1 Å². The molecule has 0 aromatic rings. The second kappa shape index (κ2) is 13.4. The molecule has 2 N–H and O–H groups in total. The molecule has 0 aromatic carbocycles. The molecule has 3 amide bonds. The number of allylic oxidation sites excluding steroid dienone is 1. The summed E-state index contributed by atoms with van der Waals surface area (Å²) in [6.45, 7) is 13.4. The minimum atomic E-state index is -1.23. The van der Waals surface area contributed by atoms with E-state index in [-0.39, 0.29) is 29.8 Å². The first-order valence-electron chi connectivity index (χ1n) is 13.8. The van der Waals surface area contributed by atoms with Crippen LogP contribution in [0.3, 0.4) is 0 Å². The number of rotatable bonds is 15. The lowest BCUT2D eigenvalue weighted by atomic mass is 9.70. The van der Waals surface area contributed by atoms with Crippen molar-refractivity contribution in [2.24, 2.45) is 11.8 Å². The molecule has 11 heteroatoms. The van der Waals surface area contributed by atoms with Gasteiger partial charge in [-0.25, -0.2) is 0 Å². The topological polar surface area (TPSA) is 125 Å². The minimum Gasteiger partial charge on any atom is -0.460 e. The third-order valence-electron chi connectivity index (χ3n) is 7.89. The third kappa shape index (κ3) is 6.10. The Labute approximate surface area is 239 Å². The number of carbonyl (C=O) groups is 4. The molecule has 3 rings (SSSR count). The maximum Gasteiger partial charge on any atom is 0.312 e. The quantitative estimate of drug-likeness (QED) is 0.165. The highest BCUT2D eigenvalue weighted by Crippen LogP contribution is 2.60. The lowest BCUT2D eigenvalue weighted by Crippen LogP contribution is -2.58. The van der Waals surface area contributed by atoms with E-state index in [0.717, 1.165) is 12.8 Å². The molecule has 8 atom stereocenters. The van der Waals surface area contributed by atoms with Crippen molar-refractivity contribution in [3.8, 4) is 0 Å². The highest BCUT2D eigenvalue weighted by Gasteiger charge is 2.77. The smallest absolute Gasteiger partial charge is 0.312 e. The van der Waals surface area contributed by atoms with Gasteiger partial charge in [0.15, 0.2) is 0 Å². The van der Waals surface area contributed by atoms with Gasteiger partial charge in [-0.1, -0.05) is 41.4 Å². The summed E-state index contributed by atoms with van der Waals surface area (Å²) >= 11 is 3.64. The van der Waals surface area contributed by atoms with Crippen molar-refractivity contribution in [3.05, 3.63) is 25.3 Å². The summed E-state index contributed by atoms with van der Waals surface area (Å²) in [6, 6.07) is -1.64. The Morgan fingerprint density at radius 3 is 2.67 bits per heavy atom. The number of aliphatic hydroxyl groups is 1. The Hall–Kier alpha value is -2.24. The van der Waals surface area contributed by atoms with Crippen molar-refractivity contribution in [2.75, 3.05) is 26.2 Å². The predicted octanol–water partition coefficient (Wildman–Crippen LogP) is 1.94. The summed E-state index contributed by atoms with van der Waals surface area (Å²) in [5.41, 5.74) is -1.23. The molecular formula is C28H42BrN3O7. The van der Waals surface area contributed by atoms with Crippen LogP contribution >= 0.6 is 15.9 Å². The number of likely N-dealkylation sites (tertiary alicyclic amines) is 1. The number of ether oxygens (including phenoxy) is 2. The second-order valence-electron chi connectivity index (χ2n) is 10.7. The fraction of sp³-hybridized carbons (Fsp3) is 0.714. The normalized spacial score (nSPS) is 30.4. The average Bonchev–Trinajstić information content (AvgIpc) is 3.51. The number of alkyl halides is 1. The van der Waals surface area contributed by atoms with Gasteiger partial charge >= 0.3 is 5.97 Å². The molecule has 3 saturated heterocycles. The molecule has 10 nitrogen and oxygen atoms in total. The van der Waals surface area contributed by atoms with Gasteiger partial charge in [-0.2, -0.15) is 0 Å². The molecular weight excluding hydrogens is 570 g/mol. The van der Waals surface area contributed by atoms with Crippen LogP contribution in [0, 0.1) is 11.8 Å². The van der Waals surface area contributed by atoms with E-state index in [9.17, 15) is 24.3 Å². The Morgan fingerprint density at radius 1 is 1.33 bits per heavy atom. The van der Waals surface area contributed by atoms with Crippen LogP contribution < -0.4 is 5.32 Å². The van der Waals surface area contributed by atoms with Crippen molar-refractivity contribution < 1.29 is 33.8 Å². The van der Waals surface area contributed by atoms with Gasteiger partial charge in [-0.05, 0) is 33.1 Å². The zero-order chi connectivity index (χ0) is 28.9. The van der Waals surface area contributed by atoms with Crippen LogP contribution in [-0.2, 0) is 28.7 Å². The average molecular weight is 613 g/mol. The molecule has 218 valence electrons. The number of hydrogen-bond acceptors (Lipinski definition) is 7. The van der Waals surface area contributed by atoms with E-state index in [1.54, 1.807) is 30.9 Å². The number of nitrogens with one attached hydrogen (secondary N) is 1. The summed E-state index contributed by atoms with van der Waals surface area (Å²) in [6.07, 6.45) is 4.91. The first-order valence-corrected chi connectivity index (χ1v) is 14.7. The lowest BCUT2D eigenvalue weighted by molar-refractivity contribution is -0.160. The molecule has 3 fully saturated rings. The van der Waals surface area contributed by atoms with Gasteiger partial charge in [0, 0.05) is 24.3 Å². The molecule has 39 heavy (non-hydrogen) atoms. The predicted molar refractivity (Wildman–Crippen MR) is 149 cm³/mol. The molecule has 0 saturated carbocycles. The maximum absolute atomic E-state index is 14.1. The van der Waals surface area contributed by atoms with Crippen LogP contribution in [0.25, 0.3) is 0 Å². The van der Waals surface area contributed by atoms with E-state index in [1.807, 2.05) is 6.92 Å². The number of fused-ring (bicyclic) bond motifs is 1. The molecule has 1 spiro atoms. The fourth-order valence-electron chi connectivity index (χ4n) is 6.05. The van der Waals surface area contributed by atoms with Crippen LogP contribution in [0.4, 0.5) is 0 Å². The summed E-state index contributed by atoms with van der Waals surface area (Å²) < 4.78 is 12.2. The zero-order valence-corrected chi connectivity index (χ0v) is 24.7. The molecule has 2 bridgehead atoms. The summed E-state index contributed by atoms with van der Waals surface area (Å²) in [5.74, 6) is -3.28. The third-order valence-corrected chi connectivity index (χ3v) is 8.74. The van der Waals surface area contributed by atoms with E-state index < -0.39 is 53.6 Å². The first kappa shape index (κ1) is 31.3. The van der Waals surface area contributed by atoms with Gasteiger partial charge < -0.3 is 29.7 Å². The van der Waals surface area contributed by atoms with E-state index in [4.69, 9.17) is 9.47 Å². The van der Waals surface area contributed by atoms with Crippen molar-refractivity contribution in [1.29, 1.82) is 0 Å². The van der Waals surface area contributed by atoms with Crippen molar-refractivity contribution >= 4 is 39.6 Å². The fourth-order valence-corrected chi connectivity index (χ4v) is 6.99. The number of hydrogen-bond donors (Lipinski definition) is 2. The number of unbranched alkanes of at least 4 members (excludes halogenated alkanes) is 1. The summed E-state index contributed by atoms with van der Waals surface area (Å²) in [4.78, 5) is 56.3. The number of aliphatic hydroxyl groups excluding tert-OH is 1. The Kier molecular flexibility index (Phi) is 10.8. The van der Waals surface area contributed by atoms with Gasteiger partial charge in [0.1, 0.15) is 17.7 Å². The van der Waals surface area contributed by atoms with Gasteiger partial charge in [-0.15, -0.1) is 13.2 Å². The largest absolute Gasteiger partial charge is 0.460 e. The second-order valence-corrected chi connectivity index (χ2v) is 11.9. The van der Waals surface area contributed by atoms with Crippen molar-refractivity contribution in [2.45, 2.75) is 87.6 Å². The standard InChI is InChI=1S/C28H42BrN3O7/c1-6-9-11-20(34)30-15-18(5)38-27(37)21-22-25(35)32(17(4)16-33)24(28(22)14-19(29)23(21)39-28)26(36)31(12-8-3)13-10-7-2/h6,8,17-19,21-24,33H,1,3,7,9-16H2,2,4-5H3,(H,30,34)/t17-,18-,19?,21+,22-,23+,24+,28-/m1/s1. The zero-order valence-electron chi connectivity index (χ0n) is 23.1. The van der Waals surface area contributed by atoms with Gasteiger partial charge in [0.25, 0.3) is 0 Å². The molecule has 1 unspecified atom stereocenters. The lowest BCUT2D eigenvalue weighted by Gasteiger charge is -2.38. The molecule has 0 aromatic heterocycles. The Morgan fingerprint density at radius 2 is 2.05 bits per heavy atom. The van der Waals surface area contributed by atoms with E-state index in [2.05, 4.69) is 34.4 Å². The molecule has 3 heterocycles. The van der Waals surface area contributed by atoms with Crippen LogP contribution in [0.2, 0.25) is 0 Å². The molecule has 3 aliphatic heterocycles. The van der Waals surface area contributed by atoms with Crippen LogP contribution in [0.1, 0.15) is 52.9 Å². The van der Waals surface area contributed by atoms with Crippen LogP contribution in [-0.4, -0.2) is 99.6 Å². The number of carbonyl (C=O) groups excluding carboxylic acids is 4. The van der Waals surface area contributed by atoms with Crippen LogP contribution in [0.5, 0.6) is 0 Å². The van der Waals surface area contributed by atoms with Gasteiger partial charge in [0.2, 0.25) is 17.7 Å². The maximum atomic E-state index is 14.1. The van der Waals surface area contributed by atoms with Gasteiger partial charge in [0.05, 0.1) is 37.1 Å².